The van der Waals surface area contributed by atoms with E-state index in [4.69, 9.17) is 27.9 Å². The highest BCUT2D eigenvalue weighted by Gasteiger charge is 2.32. The molecule has 0 bridgehead atoms. The van der Waals surface area contributed by atoms with Crippen LogP contribution in [0.3, 0.4) is 0 Å². The molecule has 2 N–H and O–H groups in total. The van der Waals surface area contributed by atoms with E-state index in [-0.39, 0.29) is 18.2 Å². The molecule has 1 aliphatic heterocycles. The molecule has 1 unspecified atom stereocenters. The molecule has 1 heterocycles. The summed E-state index contributed by atoms with van der Waals surface area (Å²) in [4.78, 5) is 22.2. The van der Waals surface area contributed by atoms with Gasteiger partial charge in [0.1, 0.15) is 11.9 Å². The second-order valence-corrected chi connectivity index (χ2v) is 7.10. The second-order valence-electron chi connectivity index (χ2n) is 4.65. The second kappa shape index (κ2) is 8.89. The van der Waals surface area contributed by atoms with Crippen LogP contribution in [-0.4, -0.2) is 40.2 Å². The summed E-state index contributed by atoms with van der Waals surface area (Å²) in [5, 5.41) is 18.8. The average Bonchev–Trinajstić information content (AvgIpc) is 2.86. The van der Waals surface area contributed by atoms with Gasteiger partial charge in [-0.15, -0.1) is 11.5 Å². The number of carboxylic acid groups (broad SMARTS) is 1. The first-order valence-corrected chi connectivity index (χ1v) is 8.81. The van der Waals surface area contributed by atoms with Crippen LogP contribution in [0, 0.1) is 12.3 Å². The maximum atomic E-state index is 11.6. The summed E-state index contributed by atoms with van der Waals surface area (Å²) in [5.41, 5.74) is 0.644. The summed E-state index contributed by atoms with van der Waals surface area (Å²) in [6.45, 7) is 0.0911. The van der Waals surface area contributed by atoms with Crippen molar-refractivity contribution in [1.82, 2.24) is 5.32 Å². The van der Waals surface area contributed by atoms with Gasteiger partial charge in [0.15, 0.2) is 10.9 Å². The van der Waals surface area contributed by atoms with Crippen molar-refractivity contribution in [3.05, 3.63) is 27.2 Å². The number of rotatable bonds is 6. The predicted molar refractivity (Wildman–Crippen MR) is 100 cm³/mol. The molecule has 0 saturated carbocycles. The van der Waals surface area contributed by atoms with E-state index < -0.39 is 17.1 Å². The maximum absolute atomic E-state index is 11.6. The zero-order valence-corrected chi connectivity index (χ0v) is 15.7. The number of hydrogen-bond acceptors (Lipinski definition) is 6. The number of carboxylic acids is 1. The van der Waals surface area contributed by atoms with Crippen molar-refractivity contribution in [1.29, 1.82) is 0 Å². The minimum Gasteiger partial charge on any atom is -0.481 e. The molecular weight excluding hydrogens is 434 g/mol. The van der Waals surface area contributed by atoms with E-state index >= 15 is 0 Å². The molecule has 1 amide bonds. The van der Waals surface area contributed by atoms with Gasteiger partial charge in [0.2, 0.25) is 5.91 Å². The summed E-state index contributed by atoms with van der Waals surface area (Å²) in [7, 11) is 0. The molecule has 1 fully saturated rings. The third-order valence-electron chi connectivity index (χ3n) is 2.81. The minimum absolute atomic E-state index is 0.0911. The molecule has 0 aliphatic carbocycles. The van der Waals surface area contributed by atoms with Gasteiger partial charge in [-0.1, -0.05) is 29.3 Å². The maximum Gasteiger partial charge on any atom is 0.305 e. The van der Waals surface area contributed by atoms with Gasteiger partial charge in [-0.25, -0.2) is 0 Å². The number of carbonyl (C=O) groups is 2. The number of terminal acetylenes is 1. The number of halogens is 2. The van der Waals surface area contributed by atoms with Crippen molar-refractivity contribution in [3.8, 4) is 18.1 Å². The Morgan fingerprint density at radius 3 is 3.00 bits per heavy atom. The Bertz CT molecular complexity index is 783. The lowest BCUT2D eigenvalue weighted by atomic mass is 10.2. The number of amides is 1. The lowest BCUT2D eigenvalue weighted by molar-refractivity contribution is -0.138. The summed E-state index contributed by atoms with van der Waals surface area (Å²) in [5.74, 6) is 1.33. The van der Waals surface area contributed by atoms with Crippen LogP contribution < -0.4 is 10.1 Å². The van der Waals surface area contributed by atoms with Crippen LogP contribution in [0.1, 0.15) is 12.0 Å². The molecule has 25 heavy (non-hydrogen) atoms. The number of nitrogens with zero attached hydrogens (tertiary/aromatic N) is 2. The lowest BCUT2D eigenvalue weighted by Gasteiger charge is -2.08. The standard InChI is InChI=1S/C15H11BrClN3O4S/c1-2-3-24-13-9(16)4-8(5-10(13)17)7-18-20-15-19-14(23)11(25-15)6-12(21)22/h1,4-5,7,11H,3,6H2,(H,21,22)(H,19,20,23). The molecule has 1 aromatic rings. The smallest absolute Gasteiger partial charge is 0.305 e. The van der Waals surface area contributed by atoms with E-state index in [1.54, 1.807) is 12.1 Å². The third-order valence-corrected chi connectivity index (χ3v) is 4.75. The molecule has 1 atom stereocenters. The van der Waals surface area contributed by atoms with Gasteiger partial charge in [0, 0.05) is 0 Å². The summed E-state index contributed by atoms with van der Waals surface area (Å²) in [6, 6.07) is 3.34. The van der Waals surface area contributed by atoms with Gasteiger partial charge < -0.3 is 15.2 Å². The highest BCUT2D eigenvalue weighted by molar-refractivity contribution is 9.10. The van der Waals surface area contributed by atoms with E-state index in [1.165, 1.54) is 6.21 Å². The first kappa shape index (κ1) is 19.3. The van der Waals surface area contributed by atoms with Crippen molar-refractivity contribution in [2.45, 2.75) is 11.7 Å². The van der Waals surface area contributed by atoms with Crippen LogP contribution in [-0.2, 0) is 9.59 Å². The monoisotopic (exact) mass is 443 g/mol. The molecular formula is C15H11BrClN3O4S. The van der Waals surface area contributed by atoms with E-state index in [2.05, 4.69) is 37.4 Å². The van der Waals surface area contributed by atoms with Crippen LogP contribution in [0.5, 0.6) is 5.75 Å². The van der Waals surface area contributed by atoms with Gasteiger partial charge in [-0.2, -0.15) is 5.10 Å². The molecule has 1 aliphatic rings. The first-order chi connectivity index (χ1) is 11.9. The quantitative estimate of drug-likeness (QED) is 0.399. The van der Waals surface area contributed by atoms with Crippen LogP contribution >= 0.6 is 39.3 Å². The van der Waals surface area contributed by atoms with Crippen molar-refractivity contribution in [3.63, 3.8) is 0 Å². The van der Waals surface area contributed by atoms with Crippen LogP contribution in [0.25, 0.3) is 0 Å². The summed E-state index contributed by atoms with van der Waals surface area (Å²) >= 11 is 10.5. The normalized spacial score (nSPS) is 18.4. The third kappa shape index (κ3) is 5.49. The molecule has 10 heteroatoms. The van der Waals surface area contributed by atoms with Crippen LogP contribution in [0.15, 0.2) is 26.8 Å². The highest BCUT2D eigenvalue weighted by Crippen LogP contribution is 2.34. The van der Waals surface area contributed by atoms with Crippen LogP contribution in [0.2, 0.25) is 5.02 Å². The fourth-order valence-electron chi connectivity index (χ4n) is 1.80. The number of benzene rings is 1. The van der Waals surface area contributed by atoms with Crippen molar-refractivity contribution in [2.24, 2.45) is 10.2 Å². The molecule has 130 valence electrons. The lowest BCUT2D eigenvalue weighted by Crippen LogP contribution is -2.26. The van der Waals surface area contributed by atoms with Gasteiger partial charge >= 0.3 is 5.97 Å². The average molecular weight is 445 g/mol. The molecule has 1 saturated heterocycles. The number of nitrogens with one attached hydrogen (secondary N) is 1. The van der Waals surface area contributed by atoms with Crippen LogP contribution in [0.4, 0.5) is 0 Å². The molecule has 0 spiro atoms. The Balaban J connectivity index is 2.06. The van der Waals surface area contributed by atoms with Crippen molar-refractivity contribution < 1.29 is 19.4 Å². The van der Waals surface area contributed by atoms with E-state index in [0.717, 1.165) is 11.8 Å². The van der Waals surface area contributed by atoms with Gasteiger partial charge in [-0.05, 0) is 33.6 Å². The number of thioether (sulfide) groups is 1. The number of carbonyl (C=O) groups excluding carboxylic acids is 1. The van der Waals surface area contributed by atoms with Crippen molar-refractivity contribution >= 4 is 62.6 Å². The zero-order valence-electron chi connectivity index (χ0n) is 12.5. The van der Waals surface area contributed by atoms with E-state index in [9.17, 15) is 9.59 Å². The number of amidine groups is 1. The molecule has 1 aromatic carbocycles. The largest absolute Gasteiger partial charge is 0.481 e. The Hall–Kier alpha value is -2.02. The number of hydrogen-bond donors (Lipinski definition) is 2. The minimum atomic E-state index is -1.05. The molecule has 2 rings (SSSR count). The van der Waals surface area contributed by atoms with Gasteiger partial charge in [0.05, 0.1) is 22.1 Å². The molecule has 7 nitrogen and oxygen atoms in total. The molecule has 0 aromatic heterocycles. The Labute approximate surface area is 161 Å². The van der Waals surface area contributed by atoms with E-state index in [0.29, 0.717) is 20.8 Å². The van der Waals surface area contributed by atoms with Gasteiger partial charge in [0.25, 0.3) is 0 Å². The zero-order chi connectivity index (χ0) is 18.4. The Morgan fingerprint density at radius 1 is 1.60 bits per heavy atom. The highest BCUT2D eigenvalue weighted by atomic mass is 79.9. The number of ether oxygens (including phenoxy) is 1. The summed E-state index contributed by atoms with van der Waals surface area (Å²) < 4.78 is 5.93. The number of aliphatic carboxylic acids is 1. The van der Waals surface area contributed by atoms with Crippen molar-refractivity contribution in [2.75, 3.05) is 6.61 Å². The fraction of sp³-hybridized carbons (Fsp3) is 0.200. The Morgan fingerprint density at radius 2 is 2.36 bits per heavy atom. The first-order valence-electron chi connectivity index (χ1n) is 6.76. The molecule has 0 radical (unpaired) electrons. The van der Waals surface area contributed by atoms with Gasteiger partial charge in [-0.3, -0.25) is 9.59 Å². The van der Waals surface area contributed by atoms with E-state index in [1.807, 2.05) is 0 Å². The Kier molecular flexibility index (Phi) is 6.87. The SMILES string of the molecule is C#CCOc1c(Cl)cc(C=NN=C2NC(=O)C(CC(=O)O)S2)cc1Br. The summed E-state index contributed by atoms with van der Waals surface area (Å²) in [6.07, 6.45) is 6.30. The predicted octanol–water partition coefficient (Wildman–Crippen LogP) is 2.51. The topological polar surface area (TPSA) is 100 Å². The fourth-order valence-corrected chi connectivity index (χ4v) is 3.70.